The number of nitrogens with zero attached hydrogens (tertiary/aromatic N) is 2. The van der Waals surface area contributed by atoms with Crippen LogP contribution < -0.4 is 16.0 Å². The van der Waals surface area contributed by atoms with Crippen LogP contribution in [0, 0.1) is 6.92 Å². The normalized spacial score (nSPS) is 11.0. The Bertz CT molecular complexity index is 1410. The van der Waals surface area contributed by atoms with E-state index in [4.69, 9.17) is 0 Å². The van der Waals surface area contributed by atoms with Crippen molar-refractivity contribution in [3.8, 4) is 0 Å². The highest BCUT2D eigenvalue weighted by Crippen LogP contribution is 2.22. The summed E-state index contributed by atoms with van der Waals surface area (Å²) in [6, 6.07) is 25.1. The molecule has 4 aromatic rings. The molecule has 186 valence electrons. The molecule has 1 aromatic heterocycles. The van der Waals surface area contributed by atoms with Gasteiger partial charge in [-0.3, -0.25) is 19.7 Å². The number of hydrogen-bond acceptors (Lipinski definition) is 7. The van der Waals surface area contributed by atoms with Gasteiger partial charge in [0.15, 0.2) is 0 Å². The zero-order valence-corrected chi connectivity index (χ0v) is 21.4. The van der Waals surface area contributed by atoms with Crippen LogP contribution in [0.5, 0.6) is 0 Å². The lowest BCUT2D eigenvalue weighted by molar-refractivity contribution is -0.114. The second-order valence-corrected chi connectivity index (χ2v) is 9.96. The topological polar surface area (TPSA) is 113 Å². The van der Waals surface area contributed by atoms with E-state index >= 15 is 0 Å². The van der Waals surface area contributed by atoms with Crippen molar-refractivity contribution in [2.75, 3.05) is 16.4 Å². The Hall–Kier alpha value is -4.28. The number of thioether (sulfide) groups is 1. The first-order valence-electron chi connectivity index (χ1n) is 11.2. The van der Waals surface area contributed by atoms with Crippen LogP contribution in [0.4, 0.5) is 10.8 Å². The monoisotopic (exact) mass is 529 g/mol. The van der Waals surface area contributed by atoms with Gasteiger partial charge >= 0.3 is 0 Å². The summed E-state index contributed by atoms with van der Waals surface area (Å²) in [5.41, 5.74) is 1.88. The number of hydrogen-bond donors (Lipinski definition) is 3. The maximum Gasteiger partial charge on any atom is 0.272 e. The van der Waals surface area contributed by atoms with Crippen LogP contribution in [0.25, 0.3) is 6.08 Å². The van der Waals surface area contributed by atoms with Gasteiger partial charge in [0, 0.05) is 16.1 Å². The first kappa shape index (κ1) is 25.8. The van der Waals surface area contributed by atoms with Crippen molar-refractivity contribution in [1.29, 1.82) is 0 Å². The summed E-state index contributed by atoms with van der Waals surface area (Å²) >= 11 is 2.68. The molecule has 3 amide bonds. The van der Waals surface area contributed by atoms with Crippen molar-refractivity contribution in [1.82, 2.24) is 15.5 Å². The lowest BCUT2D eigenvalue weighted by atomic mass is 10.1. The van der Waals surface area contributed by atoms with Crippen LogP contribution in [0.15, 0.2) is 95.5 Å². The van der Waals surface area contributed by atoms with E-state index < -0.39 is 5.91 Å². The maximum atomic E-state index is 13.1. The maximum absolute atomic E-state index is 13.1. The van der Waals surface area contributed by atoms with Gasteiger partial charge in [0.1, 0.15) is 10.7 Å². The Balaban J connectivity index is 1.39. The predicted octanol–water partition coefficient (Wildman–Crippen LogP) is 4.99. The third kappa shape index (κ3) is 7.86. The number of aryl methyl sites for hydroxylation is 1. The fraction of sp³-hybridized carbons (Fsp3) is 0.0741. The van der Waals surface area contributed by atoms with E-state index in [0.29, 0.717) is 16.4 Å². The van der Waals surface area contributed by atoms with E-state index in [-0.39, 0.29) is 23.3 Å². The second-order valence-electron chi connectivity index (χ2n) is 7.73. The Morgan fingerprint density at radius 1 is 0.865 bits per heavy atom. The molecule has 3 N–H and O–H groups in total. The van der Waals surface area contributed by atoms with E-state index in [1.54, 1.807) is 42.5 Å². The lowest BCUT2D eigenvalue weighted by Gasteiger charge is -2.12. The van der Waals surface area contributed by atoms with Crippen molar-refractivity contribution in [2.24, 2.45) is 0 Å². The van der Waals surface area contributed by atoms with Crippen LogP contribution >= 0.6 is 23.1 Å². The lowest BCUT2D eigenvalue weighted by Crippen LogP contribution is -2.30. The summed E-state index contributed by atoms with van der Waals surface area (Å²) < 4.78 is 0. The molecular weight excluding hydrogens is 506 g/mol. The minimum absolute atomic E-state index is 0.113. The number of amides is 3. The third-order valence-corrected chi connectivity index (χ3v) is 6.66. The Morgan fingerprint density at radius 3 is 2.19 bits per heavy atom. The average Bonchev–Trinajstić information content (AvgIpc) is 3.33. The molecule has 4 rings (SSSR count). The van der Waals surface area contributed by atoms with Gasteiger partial charge in [0.2, 0.25) is 11.0 Å². The predicted molar refractivity (Wildman–Crippen MR) is 147 cm³/mol. The molecule has 0 aliphatic carbocycles. The summed E-state index contributed by atoms with van der Waals surface area (Å²) in [7, 11) is 0. The van der Waals surface area contributed by atoms with E-state index in [1.165, 1.54) is 23.1 Å². The second kappa shape index (κ2) is 12.6. The van der Waals surface area contributed by atoms with E-state index in [0.717, 1.165) is 15.5 Å². The zero-order chi connectivity index (χ0) is 26.0. The van der Waals surface area contributed by atoms with Crippen LogP contribution in [0.3, 0.4) is 0 Å². The number of nitrogens with one attached hydrogen (secondary N) is 3. The Labute approximate surface area is 222 Å². The molecule has 0 aliphatic rings. The van der Waals surface area contributed by atoms with Crippen LogP contribution in [-0.4, -0.2) is 33.7 Å². The van der Waals surface area contributed by atoms with Crippen LogP contribution in [0.2, 0.25) is 0 Å². The van der Waals surface area contributed by atoms with Crippen LogP contribution in [0.1, 0.15) is 20.9 Å². The Kier molecular flexibility index (Phi) is 8.79. The van der Waals surface area contributed by atoms with Crippen molar-refractivity contribution in [2.45, 2.75) is 11.8 Å². The Morgan fingerprint density at radius 2 is 1.54 bits per heavy atom. The van der Waals surface area contributed by atoms with E-state index in [1.807, 2.05) is 55.5 Å². The summed E-state index contributed by atoms with van der Waals surface area (Å²) in [6.45, 7) is 1.82. The van der Waals surface area contributed by atoms with E-state index in [9.17, 15) is 14.4 Å². The van der Waals surface area contributed by atoms with Gasteiger partial charge in [-0.15, -0.1) is 22.0 Å². The van der Waals surface area contributed by atoms with Crippen LogP contribution in [-0.2, 0) is 9.59 Å². The molecule has 0 spiro atoms. The molecule has 0 saturated heterocycles. The highest BCUT2D eigenvalue weighted by Gasteiger charge is 2.15. The number of aromatic nitrogens is 2. The van der Waals surface area contributed by atoms with Gasteiger partial charge in [-0.25, -0.2) is 0 Å². The molecule has 0 fully saturated rings. The minimum Gasteiger partial charge on any atom is -0.321 e. The number of rotatable bonds is 9. The van der Waals surface area contributed by atoms with Crippen molar-refractivity contribution < 1.29 is 14.4 Å². The van der Waals surface area contributed by atoms with Gasteiger partial charge < -0.3 is 10.6 Å². The molecule has 8 nitrogen and oxygen atoms in total. The first-order valence-corrected chi connectivity index (χ1v) is 13.0. The summed E-state index contributed by atoms with van der Waals surface area (Å²) in [6.07, 6.45) is 1.62. The standard InChI is InChI=1S/C27H23N5O3S2/c1-18-31-32-27(37-18)30-24(33)17-36-22-14-12-21(13-15-22)28-26(35)23(16-19-8-4-2-5-9-19)29-25(34)20-10-6-3-7-11-20/h2-16H,17H2,1H3,(H,28,35)(H,29,34)(H,30,32,33). The minimum atomic E-state index is -0.458. The van der Waals surface area contributed by atoms with Gasteiger partial charge in [-0.05, 0) is 55.0 Å². The summed E-state index contributed by atoms with van der Waals surface area (Å²) in [4.78, 5) is 38.8. The SMILES string of the molecule is Cc1nnc(NC(=O)CSc2ccc(NC(=O)C(=Cc3ccccc3)NC(=O)c3ccccc3)cc2)s1. The highest BCUT2D eigenvalue weighted by molar-refractivity contribution is 8.00. The quantitative estimate of drug-likeness (QED) is 0.208. The largest absolute Gasteiger partial charge is 0.321 e. The van der Waals surface area contributed by atoms with Gasteiger partial charge in [-0.1, -0.05) is 59.9 Å². The number of carbonyl (C=O) groups is 3. The molecule has 0 radical (unpaired) electrons. The first-order chi connectivity index (χ1) is 18.0. The molecular formula is C27H23N5O3S2. The van der Waals surface area contributed by atoms with Gasteiger partial charge in [0.25, 0.3) is 11.8 Å². The van der Waals surface area contributed by atoms with E-state index in [2.05, 4.69) is 26.1 Å². The molecule has 1 heterocycles. The summed E-state index contributed by atoms with van der Waals surface area (Å²) in [5.74, 6) is -0.810. The van der Waals surface area contributed by atoms with Crippen molar-refractivity contribution >= 4 is 57.7 Å². The van der Waals surface area contributed by atoms with Gasteiger partial charge in [0.05, 0.1) is 5.75 Å². The molecule has 10 heteroatoms. The zero-order valence-electron chi connectivity index (χ0n) is 19.8. The molecule has 37 heavy (non-hydrogen) atoms. The van der Waals surface area contributed by atoms with Crippen molar-refractivity contribution in [3.63, 3.8) is 0 Å². The third-order valence-electron chi connectivity index (χ3n) is 4.89. The van der Waals surface area contributed by atoms with Gasteiger partial charge in [-0.2, -0.15) is 0 Å². The molecule has 0 bridgehead atoms. The molecule has 0 saturated carbocycles. The average molecular weight is 530 g/mol. The fourth-order valence-electron chi connectivity index (χ4n) is 3.14. The number of benzene rings is 3. The number of carbonyl (C=O) groups excluding carboxylic acids is 3. The number of anilines is 2. The smallest absolute Gasteiger partial charge is 0.272 e. The highest BCUT2D eigenvalue weighted by atomic mass is 32.2. The molecule has 0 unspecified atom stereocenters. The molecule has 3 aromatic carbocycles. The summed E-state index contributed by atoms with van der Waals surface area (Å²) in [5, 5.41) is 17.3. The van der Waals surface area contributed by atoms with Crippen molar-refractivity contribution in [3.05, 3.63) is 107 Å². The fourth-order valence-corrected chi connectivity index (χ4v) is 4.45. The molecule has 0 aliphatic heterocycles. The molecule has 0 atom stereocenters.